The summed E-state index contributed by atoms with van der Waals surface area (Å²) in [4.78, 5) is 13.7. The molecule has 1 saturated heterocycles. The number of piperidine rings is 1. The van der Waals surface area contributed by atoms with E-state index in [0.717, 1.165) is 19.4 Å². The zero-order chi connectivity index (χ0) is 13.1. The highest BCUT2D eigenvalue weighted by molar-refractivity contribution is 7.90. The number of sulfone groups is 1. The minimum atomic E-state index is -3.04. The molecule has 0 radical (unpaired) electrons. The Hall–Kier alpha value is -0.620. The number of carbonyl (C=O) groups excluding carboxylic acids is 1. The minimum absolute atomic E-state index is 0.00393. The average molecular weight is 262 g/mol. The molecule has 0 aromatic heterocycles. The van der Waals surface area contributed by atoms with Crippen LogP contribution in [-0.2, 0) is 14.6 Å². The first kappa shape index (κ1) is 14.4. The summed E-state index contributed by atoms with van der Waals surface area (Å²) < 4.78 is 22.4. The van der Waals surface area contributed by atoms with Gasteiger partial charge in [0.1, 0.15) is 9.84 Å². The molecule has 1 rings (SSSR count). The number of nitrogens with one attached hydrogen (secondary N) is 1. The summed E-state index contributed by atoms with van der Waals surface area (Å²) in [5.74, 6) is 0.0687. The Morgan fingerprint density at radius 3 is 2.65 bits per heavy atom. The maximum atomic E-state index is 12.1. The SMILES string of the molecule is CC(CS(C)(=O)=O)N(C)C(=O)C1CCCNC1. The highest BCUT2D eigenvalue weighted by Gasteiger charge is 2.27. The van der Waals surface area contributed by atoms with Crippen LogP contribution in [0.15, 0.2) is 0 Å². The van der Waals surface area contributed by atoms with E-state index < -0.39 is 9.84 Å². The lowest BCUT2D eigenvalue weighted by Crippen LogP contribution is -2.46. The molecule has 0 bridgehead atoms. The largest absolute Gasteiger partial charge is 0.342 e. The van der Waals surface area contributed by atoms with Gasteiger partial charge in [-0.3, -0.25) is 4.79 Å². The topological polar surface area (TPSA) is 66.5 Å². The van der Waals surface area contributed by atoms with Gasteiger partial charge in [-0.1, -0.05) is 0 Å². The van der Waals surface area contributed by atoms with Crippen molar-refractivity contribution in [3.05, 3.63) is 0 Å². The van der Waals surface area contributed by atoms with Gasteiger partial charge in [-0.2, -0.15) is 0 Å². The molecule has 0 aromatic carbocycles. The van der Waals surface area contributed by atoms with Crippen LogP contribution in [0.1, 0.15) is 19.8 Å². The van der Waals surface area contributed by atoms with Gasteiger partial charge in [0.15, 0.2) is 0 Å². The molecule has 1 amide bonds. The van der Waals surface area contributed by atoms with Crippen LogP contribution in [0, 0.1) is 5.92 Å². The zero-order valence-electron chi connectivity index (χ0n) is 10.8. The predicted molar refractivity (Wildman–Crippen MR) is 67.5 cm³/mol. The van der Waals surface area contributed by atoms with Crippen molar-refractivity contribution in [2.24, 2.45) is 5.92 Å². The van der Waals surface area contributed by atoms with Gasteiger partial charge in [0, 0.05) is 25.9 Å². The summed E-state index contributed by atoms with van der Waals surface area (Å²) in [7, 11) is -1.35. The molecule has 1 aliphatic rings. The van der Waals surface area contributed by atoms with Gasteiger partial charge >= 0.3 is 0 Å². The van der Waals surface area contributed by atoms with E-state index in [0.29, 0.717) is 6.54 Å². The van der Waals surface area contributed by atoms with Gasteiger partial charge in [-0.25, -0.2) is 8.42 Å². The molecule has 0 aliphatic carbocycles. The summed E-state index contributed by atoms with van der Waals surface area (Å²) in [6.45, 7) is 3.44. The standard InChI is InChI=1S/C11H22N2O3S/c1-9(8-17(3,15)16)13(2)11(14)10-5-4-6-12-7-10/h9-10,12H,4-8H2,1-3H3. The van der Waals surface area contributed by atoms with Crippen LogP contribution in [0.25, 0.3) is 0 Å². The van der Waals surface area contributed by atoms with Crippen LogP contribution >= 0.6 is 0 Å². The Kier molecular flexibility index (Phi) is 4.94. The van der Waals surface area contributed by atoms with Crippen molar-refractivity contribution in [3.8, 4) is 0 Å². The van der Waals surface area contributed by atoms with Crippen LogP contribution in [0.5, 0.6) is 0 Å². The monoisotopic (exact) mass is 262 g/mol. The van der Waals surface area contributed by atoms with Gasteiger partial charge in [-0.05, 0) is 26.3 Å². The van der Waals surface area contributed by atoms with Crippen molar-refractivity contribution in [3.63, 3.8) is 0 Å². The third-order valence-corrected chi connectivity index (χ3v) is 4.29. The first-order chi connectivity index (χ1) is 7.81. The van der Waals surface area contributed by atoms with E-state index in [1.165, 1.54) is 6.26 Å². The molecule has 0 aromatic rings. The first-order valence-corrected chi connectivity index (χ1v) is 8.02. The maximum absolute atomic E-state index is 12.1. The highest BCUT2D eigenvalue weighted by Crippen LogP contribution is 2.14. The Morgan fingerprint density at radius 1 is 1.53 bits per heavy atom. The van der Waals surface area contributed by atoms with Crippen LogP contribution in [0.2, 0.25) is 0 Å². The van der Waals surface area contributed by atoms with E-state index in [1.807, 2.05) is 0 Å². The van der Waals surface area contributed by atoms with Crippen LogP contribution < -0.4 is 5.32 Å². The molecule has 0 spiro atoms. The minimum Gasteiger partial charge on any atom is -0.342 e. The fourth-order valence-electron chi connectivity index (χ4n) is 2.12. The third-order valence-electron chi connectivity index (χ3n) is 3.20. The molecule has 1 aliphatic heterocycles. The van der Waals surface area contributed by atoms with Crippen molar-refractivity contribution >= 4 is 15.7 Å². The number of carbonyl (C=O) groups is 1. The van der Waals surface area contributed by atoms with Gasteiger partial charge in [0.2, 0.25) is 5.91 Å². The van der Waals surface area contributed by atoms with Crippen molar-refractivity contribution in [2.45, 2.75) is 25.8 Å². The molecular formula is C11H22N2O3S. The molecule has 2 atom stereocenters. The smallest absolute Gasteiger partial charge is 0.226 e. The number of nitrogens with zero attached hydrogens (tertiary/aromatic N) is 1. The lowest BCUT2D eigenvalue weighted by Gasteiger charge is -2.30. The van der Waals surface area contributed by atoms with Gasteiger partial charge in [-0.15, -0.1) is 0 Å². The van der Waals surface area contributed by atoms with E-state index in [2.05, 4.69) is 5.32 Å². The van der Waals surface area contributed by atoms with E-state index in [-0.39, 0.29) is 23.6 Å². The number of amides is 1. The molecule has 0 saturated carbocycles. The van der Waals surface area contributed by atoms with E-state index >= 15 is 0 Å². The van der Waals surface area contributed by atoms with Crippen LogP contribution in [0.4, 0.5) is 0 Å². The van der Waals surface area contributed by atoms with Crippen LogP contribution in [0.3, 0.4) is 0 Å². The van der Waals surface area contributed by atoms with Gasteiger partial charge < -0.3 is 10.2 Å². The molecule has 1 fully saturated rings. The Balaban J connectivity index is 2.55. The molecule has 5 nitrogen and oxygen atoms in total. The molecule has 1 N–H and O–H groups in total. The predicted octanol–water partition coefficient (Wildman–Crippen LogP) is -0.122. The number of hydrogen-bond donors (Lipinski definition) is 1. The van der Waals surface area contributed by atoms with E-state index in [4.69, 9.17) is 0 Å². The van der Waals surface area contributed by atoms with E-state index in [9.17, 15) is 13.2 Å². The summed E-state index contributed by atoms with van der Waals surface area (Å²) in [5, 5.41) is 3.19. The molecule has 17 heavy (non-hydrogen) atoms. The summed E-state index contributed by atoms with van der Waals surface area (Å²) in [6, 6.07) is -0.264. The van der Waals surface area contributed by atoms with Crippen molar-refractivity contribution in [1.82, 2.24) is 10.2 Å². The Morgan fingerprint density at radius 2 is 2.18 bits per heavy atom. The summed E-state index contributed by atoms with van der Waals surface area (Å²) >= 11 is 0. The second-order valence-corrected chi connectivity index (χ2v) is 7.12. The van der Waals surface area contributed by atoms with Crippen molar-refractivity contribution in [1.29, 1.82) is 0 Å². The van der Waals surface area contributed by atoms with E-state index in [1.54, 1.807) is 18.9 Å². The van der Waals surface area contributed by atoms with Gasteiger partial charge in [0.25, 0.3) is 0 Å². The van der Waals surface area contributed by atoms with Crippen molar-refractivity contribution in [2.75, 3.05) is 32.1 Å². The lowest BCUT2D eigenvalue weighted by molar-refractivity contribution is -0.136. The Bertz CT molecular complexity index is 361. The fraction of sp³-hybridized carbons (Fsp3) is 0.909. The number of rotatable bonds is 4. The molecule has 2 unspecified atom stereocenters. The normalized spacial score (nSPS) is 23.1. The first-order valence-electron chi connectivity index (χ1n) is 5.96. The molecular weight excluding hydrogens is 240 g/mol. The summed E-state index contributed by atoms with van der Waals surface area (Å²) in [5.41, 5.74) is 0. The average Bonchev–Trinajstić information content (AvgIpc) is 2.26. The third kappa shape index (κ3) is 4.63. The lowest BCUT2D eigenvalue weighted by atomic mass is 9.98. The van der Waals surface area contributed by atoms with Crippen molar-refractivity contribution < 1.29 is 13.2 Å². The van der Waals surface area contributed by atoms with Crippen LogP contribution in [-0.4, -0.2) is 57.4 Å². The molecule has 1 heterocycles. The fourth-order valence-corrected chi connectivity index (χ4v) is 3.22. The Labute approximate surface area is 103 Å². The maximum Gasteiger partial charge on any atom is 0.226 e. The second-order valence-electron chi connectivity index (χ2n) is 4.93. The number of hydrogen-bond acceptors (Lipinski definition) is 4. The molecule has 100 valence electrons. The second kappa shape index (κ2) is 5.82. The van der Waals surface area contributed by atoms with Gasteiger partial charge in [0.05, 0.1) is 11.7 Å². The summed E-state index contributed by atoms with van der Waals surface area (Å²) in [6.07, 6.45) is 3.09. The zero-order valence-corrected chi connectivity index (χ0v) is 11.6. The quantitative estimate of drug-likeness (QED) is 0.767. The highest BCUT2D eigenvalue weighted by atomic mass is 32.2. The molecule has 6 heteroatoms.